The van der Waals surface area contributed by atoms with Crippen molar-refractivity contribution >= 4 is 10.6 Å². The zero-order valence-corrected chi connectivity index (χ0v) is 8.87. The second-order valence-corrected chi connectivity index (χ2v) is 4.20. The van der Waals surface area contributed by atoms with Crippen LogP contribution in [0.25, 0.3) is 0 Å². The van der Waals surface area contributed by atoms with Crippen LogP contribution < -0.4 is 0 Å². The average molecular weight is 213 g/mol. The van der Waals surface area contributed by atoms with Crippen molar-refractivity contribution in [2.45, 2.75) is 13.0 Å². The smallest absolute Gasteiger partial charge is 0.0716 e. The summed E-state index contributed by atoms with van der Waals surface area (Å²) < 4.78 is 22.6. The summed E-state index contributed by atoms with van der Waals surface area (Å²) in [4.78, 5) is 0. The van der Waals surface area contributed by atoms with E-state index in [1.165, 1.54) is 0 Å². The van der Waals surface area contributed by atoms with Crippen LogP contribution in [-0.2, 0) is 21.9 Å². The van der Waals surface area contributed by atoms with E-state index >= 15 is 0 Å². The largest absolute Gasteiger partial charge is 0.377 e. The maximum Gasteiger partial charge on any atom is 0.0716 e. The molecule has 0 aliphatic heterocycles. The van der Waals surface area contributed by atoms with Gasteiger partial charge in [-0.2, -0.15) is 0 Å². The molecule has 0 saturated carbocycles. The Morgan fingerprint density at radius 1 is 1.29 bits per heavy atom. The van der Waals surface area contributed by atoms with Crippen molar-refractivity contribution in [2.75, 3.05) is 12.4 Å². The first-order chi connectivity index (χ1) is 6.79. The van der Waals surface area contributed by atoms with E-state index in [1.807, 2.05) is 30.3 Å². The van der Waals surface area contributed by atoms with Gasteiger partial charge >= 0.3 is 0 Å². The maximum atomic E-state index is 10.4. The highest BCUT2D eigenvalue weighted by molar-refractivity contribution is 7.73. The van der Waals surface area contributed by atoms with Gasteiger partial charge in [0.25, 0.3) is 0 Å². The highest BCUT2D eigenvalue weighted by Gasteiger charge is 1.91. The molecule has 1 rings (SSSR count). The van der Waals surface area contributed by atoms with Gasteiger partial charge in [-0.3, -0.25) is 8.99 Å². The molecule has 1 aromatic rings. The van der Waals surface area contributed by atoms with Crippen LogP contribution in [0.15, 0.2) is 30.3 Å². The Bertz CT molecular complexity index is 314. The third kappa shape index (κ3) is 4.99. The van der Waals surface area contributed by atoms with Crippen molar-refractivity contribution in [1.29, 1.82) is 4.78 Å². The zero-order valence-electron chi connectivity index (χ0n) is 7.98. The number of rotatable bonds is 6. The van der Waals surface area contributed by atoms with Gasteiger partial charge in [-0.15, -0.1) is 0 Å². The van der Waals surface area contributed by atoms with E-state index in [9.17, 15) is 4.21 Å². The predicted octanol–water partition coefficient (Wildman–Crippen LogP) is 1.84. The molecule has 78 valence electrons. The summed E-state index contributed by atoms with van der Waals surface area (Å²) in [5.41, 5.74) is 1.14. The molecule has 14 heavy (non-hydrogen) atoms. The summed E-state index contributed by atoms with van der Waals surface area (Å²) in [7, 11) is -1.75. The first-order valence-corrected chi connectivity index (χ1v) is 6.01. The van der Waals surface area contributed by atoms with E-state index in [4.69, 9.17) is 9.52 Å². The standard InChI is InChI=1S/C10H15NO2S/c11-14(12)8-4-7-13-9-10-5-2-1-3-6-10/h1-3,5-6,11,14H,4,7-9H2. The fraction of sp³-hybridized carbons (Fsp3) is 0.400. The Morgan fingerprint density at radius 2 is 2.00 bits per heavy atom. The van der Waals surface area contributed by atoms with Gasteiger partial charge in [0.1, 0.15) is 0 Å². The lowest BCUT2D eigenvalue weighted by Crippen LogP contribution is -1.98. The highest BCUT2D eigenvalue weighted by Crippen LogP contribution is 2.00. The second kappa shape index (κ2) is 6.56. The summed E-state index contributed by atoms with van der Waals surface area (Å²) in [6.07, 6.45) is 0.700. The van der Waals surface area contributed by atoms with E-state index in [0.717, 1.165) is 5.56 Å². The Kier molecular flexibility index (Phi) is 5.25. The minimum Gasteiger partial charge on any atom is -0.377 e. The van der Waals surface area contributed by atoms with Crippen molar-refractivity contribution in [1.82, 2.24) is 0 Å². The van der Waals surface area contributed by atoms with Gasteiger partial charge in [-0.05, 0) is 12.0 Å². The molecule has 0 amide bonds. The quantitative estimate of drug-likeness (QED) is 0.559. The number of hydrogen-bond acceptors (Lipinski definition) is 3. The number of hydrogen-bond donors (Lipinski definition) is 2. The molecule has 3 nitrogen and oxygen atoms in total. The monoisotopic (exact) mass is 213 g/mol. The van der Waals surface area contributed by atoms with E-state index in [0.29, 0.717) is 25.4 Å². The molecule has 0 radical (unpaired) electrons. The van der Waals surface area contributed by atoms with Crippen LogP contribution in [0.5, 0.6) is 0 Å². The van der Waals surface area contributed by atoms with Crippen LogP contribution in [-0.4, -0.2) is 16.6 Å². The third-order valence-electron chi connectivity index (χ3n) is 1.76. The summed E-state index contributed by atoms with van der Waals surface area (Å²) in [6.45, 7) is 1.17. The van der Waals surface area contributed by atoms with Crippen LogP contribution in [0.4, 0.5) is 0 Å². The Labute approximate surface area is 86.1 Å². The molecule has 0 aromatic heterocycles. The summed E-state index contributed by atoms with van der Waals surface area (Å²) in [5, 5.41) is 0. The van der Waals surface area contributed by atoms with Gasteiger partial charge in [0.05, 0.1) is 6.61 Å². The van der Waals surface area contributed by atoms with Crippen molar-refractivity contribution in [3.8, 4) is 0 Å². The van der Waals surface area contributed by atoms with Crippen LogP contribution >= 0.6 is 0 Å². The molecule has 0 bridgehead atoms. The zero-order chi connectivity index (χ0) is 10.2. The molecule has 0 fully saturated rings. The van der Waals surface area contributed by atoms with Gasteiger partial charge < -0.3 is 4.74 Å². The molecule has 0 saturated heterocycles. The van der Waals surface area contributed by atoms with E-state index < -0.39 is 10.6 Å². The van der Waals surface area contributed by atoms with Crippen LogP contribution in [0.2, 0.25) is 0 Å². The molecule has 1 aromatic carbocycles. The van der Waals surface area contributed by atoms with Gasteiger partial charge in [-0.25, -0.2) is 0 Å². The molecule has 1 unspecified atom stereocenters. The highest BCUT2D eigenvalue weighted by atomic mass is 32.2. The van der Waals surface area contributed by atoms with E-state index in [1.54, 1.807) is 0 Å². The van der Waals surface area contributed by atoms with Crippen molar-refractivity contribution in [2.24, 2.45) is 0 Å². The van der Waals surface area contributed by atoms with Crippen molar-refractivity contribution in [3.63, 3.8) is 0 Å². The van der Waals surface area contributed by atoms with Crippen LogP contribution in [0, 0.1) is 4.78 Å². The Hall–Kier alpha value is -0.870. The fourth-order valence-corrected chi connectivity index (χ4v) is 1.49. The Balaban J connectivity index is 2.10. The first-order valence-electron chi connectivity index (χ1n) is 4.56. The summed E-state index contributed by atoms with van der Waals surface area (Å²) >= 11 is 0. The molecule has 1 atom stereocenters. The van der Waals surface area contributed by atoms with Gasteiger partial charge in [-0.1, -0.05) is 30.3 Å². The summed E-state index contributed by atoms with van der Waals surface area (Å²) in [5.74, 6) is 0.435. The SMILES string of the molecule is N=[SH](=O)CCCOCc1ccccc1. The Morgan fingerprint density at radius 3 is 2.64 bits per heavy atom. The molecule has 1 N–H and O–H groups in total. The van der Waals surface area contributed by atoms with Crippen molar-refractivity contribution < 1.29 is 8.95 Å². The van der Waals surface area contributed by atoms with E-state index in [2.05, 4.69) is 0 Å². The van der Waals surface area contributed by atoms with Gasteiger partial charge in [0.2, 0.25) is 0 Å². The molecule has 0 heterocycles. The summed E-state index contributed by atoms with van der Waals surface area (Å²) in [6, 6.07) is 9.92. The molecule has 4 heteroatoms. The predicted molar refractivity (Wildman–Crippen MR) is 57.8 cm³/mol. The fourth-order valence-electron chi connectivity index (χ4n) is 1.07. The number of benzene rings is 1. The normalized spacial score (nSPS) is 12.6. The topological polar surface area (TPSA) is 50.2 Å². The first kappa shape index (κ1) is 11.2. The molecule has 0 aliphatic carbocycles. The maximum absolute atomic E-state index is 10.4. The number of thiol groups is 1. The van der Waals surface area contributed by atoms with E-state index in [-0.39, 0.29) is 0 Å². The van der Waals surface area contributed by atoms with Crippen LogP contribution in [0.1, 0.15) is 12.0 Å². The minimum atomic E-state index is -1.75. The lowest BCUT2D eigenvalue weighted by atomic mass is 10.2. The number of nitrogens with one attached hydrogen (secondary N) is 1. The molecule has 0 spiro atoms. The lowest BCUT2D eigenvalue weighted by molar-refractivity contribution is 0.122. The third-order valence-corrected chi connectivity index (χ3v) is 2.48. The molecular formula is C10H15NO2S. The second-order valence-electron chi connectivity index (χ2n) is 2.99. The van der Waals surface area contributed by atoms with Gasteiger partial charge in [0, 0.05) is 23.0 Å². The molecular weight excluding hydrogens is 198 g/mol. The number of ether oxygens (including phenoxy) is 1. The molecule has 0 aliphatic rings. The van der Waals surface area contributed by atoms with Gasteiger partial charge in [0.15, 0.2) is 0 Å². The minimum absolute atomic E-state index is 0.435. The van der Waals surface area contributed by atoms with Crippen molar-refractivity contribution in [3.05, 3.63) is 35.9 Å². The average Bonchev–Trinajstić information content (AvgIpc) is 2.18. The lowest BCUT2D eigenvalue weighted by Gasteiger charge is -2.02. The van der Waals surface area contributed by atoms with Crippen LogP contribution in [0.3, 0.4) is 0 Å².